The van der Waals surface area contributed by atoms with Crippen molar-refractivity contribution in [2.45, 2.75) is 38.0 Å². The Bertz CT molecular complexity index is 1430. The zero-order chi connectivity index (χ0) is 26.6. The predicted molar refractivity (Wildman–Crippen MR) is 141 cm³/mol. The number of halogens is 1. The van der Waals surface area contributed by atoms with E-state index in [0.29, 0.717) is 35.9 Å². The van der Waals surface area contributed by atoms with Crippen LogP contribution in [0.15, 0.2) is 60.9 Å². The number of aromatic nitrogens is 4. The van der Waals surface area contributed by atoms with Crippen molar-refractivity contribution in [3.8, 4) is 17.2 Å². The molecule has 0 bridgehead atoms. The van der Waals surface area contributed by atoms with Crippen molar-refractivity contribution in [2.24, 2.45) is 0 Å². The first kappa shape index (κ1) is 25.8. The van der Waals surface area contributed by atoms with E-state index in [9.17, 15) is 4.79 Å². The molecule has 0 unspecified atom stereocenters. The molecule has 0 radical (unpaired) electrons. The van der Waals surface area contributed by atoms with Gasteiger partial charge >= 0.3 is 5.97 Å². The molecule has 10 heteroatoms. The average molecular weight is 537 g/mol. The number of carbonyl (C=O) groups is 1. The molecule has 9 nitrogen and oxygen atoms in total. The molecule has 0 saturated carbocycles. The number of para-hydroxylation sites is 1. The van der Waals surface area contributed by atoms with Crippen LogP contribution in [0.5, 0.6) is 11.5 Å². The van der Waals surface area contributed by atoms with Gasteiger partial charge in [-0.2, -0.15) is 0 Å². The Labute approximate surface area is 225 Å². The number of aryl methyl sites for hydroxylation is 2. The number of hydrogen-bond donors (Lipinski definition) is 0. The lowest BCUT2D eigenvalue weighted by molar-refractivity contribution is -0.140. The SMILES string of the molecule is COC(=O)CCc1cnnn1CC[C@H]1O[C@H](c2cccc(OC)c2OC)c2cc(Cl)ccc2-n2cccc21. The Morgan fingerprint density at radius 3 is 2.74 bits per heavy atom. The highest BCUT2D eigenvalue weighted by Gasteiger charge is 2.33. The van der Waals surface area contributed by atoms with E-state index in [2.05, 4.69) is 20.9 Å². The van der Waals surface area contributed by atoms with Gasteiger partial charge in [0.05, 0.1) is 51.0 Å². The van der Waals surface area contributed by atoms with Gasteiger partial charge in [0.1, 0.15) is 12.2 Å². The minimum absolute atomic E-state index is 0.264. The number of ether oxygens (including phenoxy) is 4. The second-order valence-electron chi connectivity index (χ2n) is 8.91. The molecule has 198 valence electrons. The van der Waals surface area contributed by atoms with Crippen LogP contribution in [0.25, 0.3) is 5.69 Å². The van der Waals surface area contributed by atoms with E-state index in [1.165, 1.54) is 7.11 Å². The monoisotopic (exact) mass is 536 g/mol. The maximum Gasteiger partial charge on any atom is 0.305 e. The molecule has 3 heterocycles. The first-order valence-corrected chi connectivity index (χ1v) is 12.7. The summed E-state index contributed by atoms with van der Waals surface area (Å²) in [7, 11) is 4.62. The summed E-state index contributed by atoms with van der Waals surface area (Å²) in [5.41, 5.74) is 4.61. The van der Waals surface area contributed by atoms with Crippen LogP contribution in [0.1, 0.15) is 47.6 Å². The highest BCUT2D eigenvalue weighted by Crippen LogP contribution is 2.46. The number of fused-ring (bicyclic) bond motifs is 3. The molecule has 0 saturated heterocycles. The third-order valence-electron chi connectivity index (χ3n) is 6.77. The molecule has 1 aliphatic rings. The van der Waals surface area contributed by atoms with E-state index >= 15 is 0 Å². The standard InChI is InChI=1S/C28H29ClN4O5/c1-35-25-8-4-6-20(28(25)37-3)27-21-16-18(29)9-11-22(21)32-14-5-7-23(32)24(38-27)13-15-33-19(17-30-31-33)10-12-26(34)36-2/h4-9,11,14,16-17,24,27H,10,12-13,15H2,1-3H3/t24-,27-/m1/s1. The third-order valence-corrected chi connectivity index (χ3v) is 7.01. The van der Waals surface area contributed by atoms with Gasteiger partial charge in [-0.25, -0.2) is 4.68 Å². The van der Waals surface area contributed by atoms with E-state index in [1.54, 1.807) is 20.4 Å². The topological polar surface area (TPSA) is 89.6 Å². The molecule has 0 amide bonds. The summed E-state index contributed by atoms with van der Waals surface area (Å²) in [6, 6.07) is 15.7. The van der Waals surface area contributed by atoms with Crippen molar-refractivity contribution in [1.29, 1.82) is 0 Å². The van der Waals surface area contributed by atoms with Gasteiger partial charge in [-0.05, 0) is 42.8 Å². The largest absolute Gasteiger partial charge is 0.493 e. The van der Waals surface area contributed by atoms with E-state index in [-0.39, 0.29) is 18.5 Å². The summed E-state index contributed by atoms with van der Waals surface area (Å²) < 4.78 is 27.0. The fourth-order valence-corrected chi connectivity index (χ4v) is 5.13. The smallest absolute Gasteiger partial charge is 0.305 e. The molecular formula is C28H29ClN4O5. The van der Waals surface area contributed by atoms with E-state index < -0.39 is 6.10 Å². The third kappa shape index (κ3) is 4.99. The van der Waals surface area contributed by atoms with Crippen LogP contribution in [0, 0.1) is 0 Å². The lowest BCUT2D eigenvalue weighted by atomic mass is 9.98. The molecule has 5 rings (SSSR count). The van der Waals surface area contributed by atoms with Crippen molar-refractivity contribution < 1.29 is 23.7 Å². The fraction of sp³-hybridized carbons (Fsp3) is 0.321. The summed E-state index contributed by atoms with van der Waals surface area (Å²) in [5, 5.41) is 8.92. The number of benzene rings is 2. The molecule has 1 aliphatic heterocycles. The molecule has 0 spiro atoms. The van der Waals surface area contributed by atoms with Crippen LogP contribution in [-0.2, 0) is 27.2 Å². The molecular weight excluding hydrogens is 508 g/mol. The van der Waals surface area contributed by atoms with Gasteiger partial charge in [-0.3, -0.25) is 4.79 Å². The first-order valence-electron chi connectivity index (χ1n) is 12.3. The Hall–Kier alpha value is -3.82. The van der Waals surface area contributed by atoms with Crippen molar-refractivity contribution in [3.05, 3.63) is 88.5 Å². The minimum atomic E-state index is -0.479. The Balaban J connectivity index is 1.52. The van der Waals surface area contributed by atoms with Gasteiger partial charge in [-0.1, -0.05) is 28.9 Å². The zero-order valence-electron chi connectivity index (χ0n) is 21.5. The van der Waals surface area contributed by atoms with Gasteiger partial charge in [0.15, 0.2) is 11.5 Å². The highest BCUT2D eigenvalue weighted by atomic mass is 35.5. The maximum absolute atomic E-state index is 11.6. The van der Waals surface area contributed by atoms with Crippen LogP contribution >= 0.6 is 11.6 Å². The number of nitrogens with zero attached hydrogens (tertiary/aromatic N) is 4. The average Bonchev–Trinajstić information content (AvgIpc) is 3.59. The Kier molecular flexibility index (Phi) is 7.67. The highest BCUT2D eigenvalue weighted by molar-refractivity contribution is 6.30. The van der Waals surface area contributed by atoms with Crippen LogP contribution in [0.2, 0.25) is 5.02 Å². The van der Waals surface area contributed by atoms with Crippen molar-refractivity contribution in [1.82, 2.24) is 19.6 Å². The number of esters is 1. The first-order chi connectivity index (χ1) is 18.5. The lowest BCUT2D eigenvalue weighted by Gasteiger charge is -2.25. The van der Waals surface area contributed by atoms with E-state index in [4.69, 9.17) is 30.5 Å². The van der Waals surface area contributed by atoms with Gasteiger partial charge < -0.3 is 23.5 Å². The summed E-state index contributed by atoms with van der Waals surface area (Å²) in [6.07, 6.45) is 4.31. The molecule has 0 N–H and O–H groups in total. The van der Waals surface area contributed by atoms with Crippen LogP contribution in [0.4, 0.5) is 0 Å². The molecule has 0 aliphatic carbocycles. The molecule has 2 aromatic heterocycles. The molecule has 2 atom stereocenters. The quantitative estimate of drug-likeness (QED) is 0.275. The van der Waals surface area contributed by atoms with Crippen LogP contribution in [0.3, 0.4) is 0 Å². The molecule has 38 heavy (non-hydrogen) atoms. The zero-order valence-corrected chi connectivity index (χ0v) is 22.2. The number of methoxy groups -OCH3 is 3. The summed E-state index contributed by atoms with van der Waals surface area (Å²) >= 11 is 6.49. The maximum atomic E-state index is 11.6. The number of rotatable bonds is 9. The van der Waals surface area contributed by atoms with Gasteiger partial charge in [0.2, 0.25) is 0 Å². The molecule has 4 aromatic rings. The van der Waals surface area contributed by atoms with Gasteiger partial charge in [0, 0.05) is 35.3 Å². The summed E-state index contributed by atoms with van der Waals surface area (Å²) in [6.45, 7) is 0.547. The number of hydrogen-bond acceptors (Lipinski definition) is 7. The Morgan fingerprint density at radius 1 is 1.08 bits per heavy atom. The van der Waals surface area contributed by atoms with Crippen molar-refractivity contribution in [3.63, 3.8) is 0 Å². The lowest BCUT2D eigenvalue weighted by Crippen LogP contribution is -2.15. The summed E-state index contributed by atoms with van der Waals surface area (Å²) in [4.78, 5) is 11.6. The van der Waals surface area contributed by atoms with Crippen LogP contribution < -0.4 is 9.47 Å². The molecule has 0 fully saturated rings. The van der Waals surface area contributed by atoms with Gasteiger partial charge in [-0.15, -0.1) is 5.10 Å². The minimum Gasteiger partial charge on any atom is -0.493 e. The normalized spacial score (nSPS) is 16.3. The van der Waals surface area contributed by atoms with Crippen molar-refractivity contribution >= 4 is 17.6 Å². The van der Waals surface area contributed by atoms with Crippen LogP contribution in [-0.4, -0.2) is 46.9 Å². The summed E-state index contributed by atoms with van der Waals surface area (Å²) in [5.74, 6) is 0.960. The van der Waals surface area contributed by atoms with E-state index in [0.717, 1.165) is 28.2 Å². The Morgan fingerprint density at radius 2 is 1.95 bits per heavy atom. The number of carbonyl (C=O) groups excluding carboxylic acids is 1. The molecule has 2 aromatic carbocycles. The van der Waals surface area contributed by atoms with Gasteiger partial charge in [0.25, 0.3) is 0 Å². The van der Waals surface area contributed by atoms with Crippen molar-refractivity contribution in [2.75, 3.05) is 21.3 Å². The second kappa shape index (κ2) is 11.3. The predicted octanol–water partition coefficient (Wildman–Crippen LogP) is 5.10. The fourth-order valence-electron chi connectivity index (χ4n) is 4.95. The van der Waals surface area contributed by atoms with E-state index in [1.807, 2.05) is 53.3 Å². The second-order valence-corrected chi connectivity index (χ2v) is 9.34.